The zero-order valence-corrected chi connectivity index (χ0v) is 10.8. The van der Waals surface area contributed by atoms with Gasteiger partial charge in [-0.3, -0.25) is 4.68 Å². The number of hydrogen-bond acceptors (Lipinski definition) is 2. The fourth-order valence-electron chi connectivity index (χ4n) is 1.64. The standard InChI is InChI=1S/C12H12Cl2N2O/c1-16-7-9(6-15-16)12(17)5-8-4-10(13)2-3-11(8)14/h2-4,6-7,12,17H,5H2,1H3. The summed E-state index contributed by atoms with van der Waals surface area (Å²) in [5.74, 6) is 0. The van der Waals surface area contributed by atoms with Gasteiger partial charge in [-0.25, -0.2) is 0 Å². The van der Waals surface area contributed by atoms with Gasteiger partial charge in [-0.15, -0.1) is 0 Å². The van der Waals surface area contributed by atoms with Crippen LogP contribution >= 0.6 is 23.2 Å². The summed E-state index contributed by atoms with van der Waals surface area (Å²) < 4.78 is 1.65. The Morgan fingerprint density at radius 2 is 2.18 bits per heavy atom. The lowest BCUT2D eigenvalue weighted by Crippen LogP contribution is -2.01. The smallest absolute Gasteiger partial charge is 0.0861 e. The van der Waals surface area contributed by atoms with E-state index in [4.69, 9.17) is 23.2 Å². The van der Waals surface area contributed by atoms with Crippen LogP contribution in [-0.2, 0) is 13.5 Å². The molecular weight excluding hydrogens is 259 g/mol. The van der Waals surface area contributed by atoms with Gasteiger partial charge in [-0.1, -0.05) is 23.2 Å². The molecule has 0 amide bonds. The van der Waals surface area contributed by atoms with E-state index in [2.05, 4.69) is 5.10 Å². The van der Waals surface area contributed by atoms with Crippen molar-refractivity contribution in [3.63, 3.8) is 0 Å². The highest BCUT2D eigenvalue weighted by Gasteiger charge is 2.12. The summed E-state index contributed by atoms with van der Waals surface area (Å²) in [6.07, 6.45) is 3.22. The van der Waals surface area contributed by atoms with Gasteiger partial charge in [0.1, 0.15) is 0 Å². The van der Waals surface area contributed by atoms with Crippen LogP contribution in [0.4, 0.5) is 0 Å². The van der Waals surface area contributed by atoms with Gasteiger partial charge in [-0.05, 0) is 23.8 Å². The number of rotatable bonds is 3. The van der Waals surface area contributed by atoms with Gasteiger partial charge in [0.25, 0.3) is 0 Å². The van der Waals surface area contributed by atoms with Crippen molar-refractivity contribution in [3.05, 3.63) is 51.8 Å². The summed E-state index contributed by atoms with van der Waals surface area (Å²) >= 11 is 11.9. The SMILES string of the molecule is Cn1cc(C(O)Cc2cc(Cl)ccc2Cl)cn1. The van der Waals surface area contributed by atoms with Crippen LogP contribution in [0.5, 0.6) is 0 Å². The van der Waals surface area contributed by atoms with Crippen molar-refractivity contribution in [2.45, 2.75) is 12.5 Å². The lowest BCUT2D eigenvalue weighted by molar-refractivity contribution is 0.178. The van der Waals surface area contributed by atoms with Crippen molar-refractivity contribution in [2.24, 2.45) is 7.05 Å². The van der Waals surface area contributed by atoms with E-state index >= 15 is 0 Å². The molecule has 2 rings (SSSR count). The molecule has 0 bridgehead atoms. The molecule has 2 aromatic rings. The van der Waals surface area contributed by atoms with E-state index in [0.717, 1.165) is 11.1 Å². The first kappa shape index (κ1) is 12.4. The second kappa shape index (κ2) is 5.08. The van der Waals surface area contributed by atoms with Gasteiger partial charge in [0.15, 0.2) is 0 Å². The number of hydrogen-bond donors (Lipinski definition) is 1. The summed E-state index contributed by atoms with van der Waals surface area (Å²) in [4.78, 5) is 0. The highest BCUT2D eigenvalue weighted by molar-refractivity contribution is 6.33. The molecule has 3 nitrogen and oxygen atoms in total. The topological polar surface area (TPSA) is 38.0 Å². The number of aromatic nitrogens is 2. The summed E-state index contributed by atoms with van der Waals surface area (Å²) in [6.45, 7) is 0. The van der Waals surface area contributed by atoms with E-state index in [1.54, 1.807) is 35.3 Å². The van der Waals surface area contributed by atoms with Gasteiger partial charge < -0.3 is 5.11 Å². The Hall–Kier alpha value is -1.03. The summed E-state index contributed by atoms with van der Waals surface area (Å²) in [5, 5.41) is 15.3. The number of aliphatic hydroxyl groups is 1. The van der Waals surface area contributed by atoms with Crippen LogP contribution in [0.3, 0.4) is 0 Å². The quantitative estimate of drug-likeness (QED) is 0.931. The maximum atomic E-state index is 10.0. The molecular formula is C12H12Cl2N2O. The number of halogens is 2. The summed E-state index contributed by atoms with van der Waals surface area (Å²) in [7, 11) is 1.81. The summed E-state index contributed by atoms with van der Waals surface area (Å²) in [6, 6.07) is 5.22. The molecule has 0 aliphatic heterocycles. The van der Waals surface area contributed by atoms with Crippen molar-refractivity contribution in [1.29, 1.82) is 0 Å². The largest absolute Gasteiger partial charge is 0.388 e. The molecule has 1 aromatic carbocycles. The number of nitrogens with zero attached hydrogens (tertiary/aromatic N) is 2. The van der Waals surface area contributed by atoms with Crippen LogP contribution in [0.1, 0.15) is 17.2 Å². The highest BCUT2D eigenvalue weighted by Crippen LogP contribution is 2.25. The Balaban J connectivity index is 2.18. The molecule has 1 unspecified atom stereocenters. The molecule has 17 heavy (non-hydrogen) atoms. The highest BCUT2D eigenvalue weighted by atomic mass is 35.5. The molecule has 1 N–H and O–H groups in total. The number of aliphatic hydroxyl groups excluding tert-OH is 1. The van der Waals surface area contributed by atoms with Crippen LogP contribution in [0.2, 0.25) is 10.0 Å². The minimum absolute atomic E-state index is 0.422. The Labute approximate surface area is 110 Å². The van der Waals surface area contributed by atoms with Gasteiger partial charge in [0.05, 0.1) is 12.3 Å². The van der Waals surface area contributed by atoms with Crippen molar-refractivity contribution in [1.82, 2.24) is 9.78 Å². The monoisotopic (exact) mass is 270 g/mol. The third-order valence-electron chi connectivity index (χ3n) is 2.53. The minimum Gasteiger partial charge on any atom is -0.388 e. The molecule has 0 saturated carbocycles. The second-order valence-electron chi connectivity index (χ2n) is 3.90. The zero-order chi connectivity index (χ0) is 12.4. The molecule has 0 saturated heterocycles. The van der Waals surface area contributed by atoms with E-state index in [-0.39, 0.29) is 0 Å². The van der Waals surface area contributed by atoms with E-state index in [1.165, 1.54) is 0 Å². The second-order valence-corrected chi connectivity index (χ2v) is 4.75. The Bertz CT molecular complexity index is 525. The van der Waals surface area contributed by atoms with Gasteiger partial charge >= 0.3 is 0 Å². The van der Waals surface area contributed by atoms with Crippen molar-refractivity contribution < 1.29 is 5.11 Å². The lowest BCUT2D eigenvalue weighted by Gasteiger charge is -2.10. The number of benzene rings is 1. The van der Waals surface area contributed by atoms with Crippen molar-refractivity contribution >= 4 is 23.2 Å². The van der Waals surface area contributed by atoms with E-state index in [9.17, 15) is 5.11 Å². The first-order valence-corrected chi connectivity index (χ1v) is 5.92. The molecule has 0 fully saturated rings. The predicted molar refractivity (Wildman–Crippen MR) is 68.3 cm³/mol. The molecule has 0 radical (unpaired) electrons. The van der Waals surface area contributed by atoms with E-state index < -0.39 is 6.10 Å². The van der Waals surface area contributed by atoms with Crippen LogP contribution in [0.25, 0.3) is 0 Å². The molecule has 5 heteroatoms. The lowest BCUT2D eigenvalue weighted by atomic mass is 10.0. The zero-order valence-electron chi connectivity index (χ0n) is 9.27. The van der Waals surface area contributed by atoms with Crippen LogP contribution in [0.15, 0.2) is 30.6 Å². The molecule has 1 atom stereocenters. The fraction of sp³-hybridized carbons (Fsp3) is 0.250. The first-order valence-electron chi connectivity index (χ1n) is 5.17. The Kier molecular flexibility index (Phi) is 3.72. The Morgan fingerprint density at radius 1 is 1.41 bits per heavy atom. The molecule has 90 valence electrons. The Morgan fingerprint density at radius 3 is 2.82 bits per heavy atom. The van der Waals surface area contributed by atoms with Crippen molar-refractivity contribution in [3.8, 4) is 0 Å². The summed E-state index contributed by atoms with van der Waals surface area (Å²) in [5.41, 5.74) is 1.60. The van der Waals surface area contributed by atoms with Crippen LogP contribution in [-0.4, -0.2) is 14.9 Å². The van der Waals surface area contributed by atoms with Gasteiger partial charge in [0, 0.05) is 35.3 Å². The molecule has 1 heterocycles. The fourth-order valence-corrected chi connectivity index (χ4v) is 2.03. The average Bonchev–Trinajstić information content (AvgIpc) is 2.70. The molecule has 0 aliphatic rings. The molecule has 0 aliphatic carbocycles. The van der Waals surface area contributed by atoms with Gasteiger partial charge in [-0.2, -0.15) is 5.10 Å². The van der Waals surface area contributed by atoms with Gasteiger partial charge in [0.2, 0.25) is 0 Å². The van der Waals surface area contributed by atoms with Crippen LogP contribution < -0.4 is 0 Å². The maximum Gasteiger partial charge on any atom is 0.0861 e. The average molecular weight is 271 g/mol. The first-order chi connectivity index (χ1) is 8.06. The third-order valence-corrected chi connectivity index (χ3v) is 3.13. The van der Waals surface area contributed by atoms with E-state index in [0.29, 0.717) is 16.5 Å². The van der Waals surface area contributed by atoms with E-state index in [1.807, 2.05) is 7.05 Å². The predicted octanol–water partition coefficient (Wildman–Crippen LogP) is 3.00. The van der Waals surface area contributed by atoms with Crippen LogP contribution in [0, 0.1) is 0 Å². The maximum absolute atomic E-state index is 10.0. The molecule has 1 aromatic heterocycles. The molecule has 0 spiro atoms. The third kappa shape index (κ3) is 3.00. The minimum atomic E-state index is -0.625. The number of aryl methyl sites for hydroxylation is 1. The normalized spacial score (nSPS) is 12.7. The van der Waals surface area contributed by atoms with Crippen molar-refractivity contribution in [2.75, 3.05) is 0 Å².